The highest BCUT2D eigenvalue weighted by molar-refractivity contribution is 5.08. The Balaban J connectivity index is 1.20. The highest BCUT2D eigenvalue weighted by Crippen LogP contribution is 2.42. The van der Waals surface area contributed by atoms with E-state index in [1.807, 2.05) is 18.2 Å². The van der Waals surface area contributed by atoms with Crippen LogP contribution in [0.5, 0.6) is 0 Å². The Hall–Kier alpha value is -1.69. The number of likely N-dealkylation sites (tertiary alicyclic amines) is 1. The highest BCUT2D eigenvalue weighted by atomic mass is 16.5. The van der Waals surface area contributed by atoms with Crippen LogP contribution in [-0.2, 0) is 22.6 Å². The maximum absolute atomic E-state index is 6.05. The van der Waals surface area contributed by atoms with E-state index in [9.17, 15) is 0 Å². The molecule has 0 amide bonds. The quantitative estimate of drug-likeness (QED) is 0.806. The van der Waals surface area contributed by atoms with Crippen LogP contribution in [0.3, 0.4) is 0 Å². The van der Waals surface area contributed by atoms with Gasteiger partial charge in [0.15, 0.2) is 0 Å². The first-order chi connectivity index (χ1) is 12.3. The summed E-state index contributed by atoms with van der Waals surface area (Å²) >= 11 is 0. The Bertz CT molecular complexity index is 636. The summed E-state index contributed by atoms with van der Waals surface area (Å²) < 4.78 is 17.4. The molecule has 2 aromatic heterocycles. The lowest BCUT2D eigenvalue weighted by Crippen LogP contribution is -2.40. The molecule has 0 bridgehead atoms. The summed E-state index contributed by atoms with van der Waals surface area (Å²) in [6.45, 7) is 5.35. The molecular weight excluding hydrogens is 316 g/mol. The molecule has 0 saturated carbocycles. The fraction of sp³-hybridized carbons (Fsp3) is 0.550. The average molecular weight is 342 g/mol. The Kier molecular flexibility index (Phi) is 5.15. The lowest BCUT2D eigenvalue weighted by molar-refractivity contribution is 0.00623. The molecule has 5 nitrogen and oxygen atoms in total. The summed E-state index contributed by atoms with van der Waals surface area (Å²) in [4.78, 5) is 6.51. The number of nitrogens with zero attached hydrogens (tertiary/aromatic N) is 2. The highest BCUT2D eigenvalue weighted by Gasteiger charge is 2.42. The lowest BCUT2D eigenvalue weighted by Gasteiger charge is -2.38. The van der Waals surface area contributed by atoms with Gasteiger partial charge >= 0.3 is 0 Å². The molecule has 134 valence electrons. The molecule has 0 unspecified atom stereocenters. The van der Waals surface area contributed by atoms with Crippen molar-refractivity contribution in [3.05, 3.63) is 54.2 Å². The van der Waals surface area contributed by atoms with Gasteiger partial charge in [-0.2, -0.15) is 0 Å². The monoisotopic (exact) mass is 342 g/mol. The van der Waals surface area contributed by atoms with Gasteiger partial charge < -0.3 is 13.9 Å². The fourth-order valence-corrected chi connectivity index (χ4v) is 3.95. The maximum Gasteiger partial charge on any atom is 0.117 e. The van der Waals surface area contributed by atoms with Gasteiger partial charge in [0.25, 0.3) is 0 Å². The zero-order valence-electron chi connectivity index (χ0n) is 14.6. The van der Waals surface area contributed by atoms with Crippen LogP contribution in [0.2, 0.25) is 0 Å². The first kappa shape index (κ1) is 16.8. The van der Waals surface area contributed by atoms with Crippen LogP contribution in [0, 0.1) is 5.41 Å². The van der Waals surface area contributed by atoms with Crippen molar-refractivity contribution in [2.45, 2.75) is 38.5 Å². The van der Waals surface area contributed by atoms with E-state index in [0.717, 1.165) is 44.0 Å². The van der Waals surface area contributed by atoms with E-state index in [1.54, 1.807) is 18.7 Å². The molecule has 1 atom stereocenters. The van der Waals surface area contributed by atoms with Gasteiger partial charge in [0, 0.05) is 12.4 Å². The minimum absolute atomic E-state index is 0.235. The number of pyridine rings is 1. The largest absolute Gasteiger partial charge is 0.468 e. The van der Waals surface area contributed by atoms with Gasteiger partial charge in [-0.1, -0.05) is 0 Å². The van der Waals surface area contributed by atoms with Crippen LogP contribution in [-0.4, -0.2) is 42.3 Å². The van der Waals surface area contributed by atoms with Gasteiger partial charge in [0.2, 0.25) is 0 Å². The predicted octanol–water partition coefficient (Wildman–Crippen LogP) is 3.26. The number of piperidine rings is 1. The summed E-state index contributed by atoms with van der Waals surface area (Å²) in [5.74, 6) is 1.06. The number of ether oxygens (including phenoxy) is 2. The Morgan fingerprint density at radius 1 is 1.20 bits per heavy atom. The van der Waals surface area contributed by atoms with Gasteiger partial charge in [0.1, 0.15) is 5.76 Å². The topological polar surface area (TPSA) is 47.7 Å². The van der Waals surface area contributed by atoms with Gasteiger partial charge in [-0.3, -0.25) is 9.88 Å². The number of hydrogen-bond acceptors (Lipinski definition) is 5. The van der Waals surface area contributed by atoms with E-state index in [-0.39, 0.29) is 6.10 Å². The van der Waals surface area contributed by atoms with E-state index in [0.29, 0.717) is 18.6 Å². The molecule has 2 aliphatic heterocycles. The summed E-state index contributed by atoms with van der Waals surface area (Å²) in [6, 6.07) is 8.00. The Morgan fingerprint density at radius 3 is 2.80 bits per heavy atom. The third-order valence-electron chi connectivity index (χ3n) is 5.48. The average Bonchev–Trinajstić information content (AvgIpc) is 3.29. The normalized spacial score (nSPS) is 23.3. The minimum atomic E-state index is 0.235. The molecule has 5 heteroatoms. The van der Waals surface area contributed by atoms with E-state index in [2.05, 4.69) is 16.0 Å². The van der Waals surface area contributed by atoms with Crippen LogP contribution in [0.4, 0.5) is 0 Å². The van der Waals surface area contributed by atoms with E-state index >= 15 is 0 Å². The third-order valence-corrected chi connectivity index (χ3v) is 5.48. The van der Waals surface area contributed by atoms with Crippen molar-refractivity contribution in [3.63, 3.8) is 0 Å². The molecular formula is C20H26N2O3. The van der Waals surface area contributed by atoms with Crippen molar-refractivity contribution < 1.29 is 13.9 Å². The zero-order valence-corrected chi connectivity index (χ0v) is 14.6. The van der Waals surface area contributed by atoms with Gasteiger partial charge in [-0.15, -0.1) is 0 Å². The van der Waals surface area contributed by atoms with Crippen molar-refractivity contribution in [2.75, 3.05) is 26.3 Å². The standard InChI is InChI=1S/C20H26N2O3/c1-2-18(24-11-1)13-22-9-5-20(6-10-22)12-19(25-16-20)15-23-14-17-3-7-21-8-4-17/h1-4,7-8,11,19H,5-6,9-10,12-16H2/t19-/m1/s1. The molecule has 0 N–H and O–H groups in total. The lowest BCUT2D eigenvalue weighted by atomic mass is 9.76. The summed E-state index contributed by atoms with van der Waals surface area (Å²) in [5.41, 5.74) is 1.51. The number of rotatable bonds is 6. The van der Waals surface area contributed by atoms with Crippen LogP contribution in [0.25, 0.3) is 0 Å². The van der Waals surface area contributed by atoms with E-state index in [4.69, 9.17) is 13.9 Å². The molecule has 2 fully saturated rings. The number of aromatic nitrogens is 1. The van der Waals surface area contributed by atoms with Gasteiger partial charge in [-0.25, -0.2) is 0 Å². The molecule has 2 saturated heterocycles. The van der Waals surface area contributed by atoms with E-state index in [1.165, 1.54) is 12.8 Å². The summed E-state index contributed by atoms with van der Waals surface area (Å²) in [5, 5.41) is 0. The van der Waals surface area contributed by atoms with E-state index < -0.39 is 0 Å². The molecule has 4 heterocycles. The maximum atomic E-state index is 6.05. The molecule has 0 aromatic carbocycles. The Morgan fingerprint density at radius 2 is 2.04 bits per heavy atom. The van der Waals surface area contributed by atoms with Crippen molar-refractivity contribution in [3.8, 4) is 0 Å². The molecule has 0 radical (unpaired) electrons. The molecule has 2 aromatic rings. The first-order valence-corrected chi connectivity index (χ1v) is 9.14. The minimum Gasteiger partial charge on any atom is -0.468 e. The third kappa shape index (κ3) is 4.29. The second kappa shape index (κ2) is 7.68. The molecule has 25 heavy (non-hydrogen) atoms. The van der Waals surface area contributed by atoms with Crippen molar-refractivity contribution >= 4 is 0 Å². The second-order valence-electron chi connectivity index (χ2n) is 7.36. The summed E-state index contributed by atoms with van der Waals surface area (Å²) in [6.07, 6.45) is 9.12. The smallest absolute Gasteiger partial charge is 0.117 e. The van der Waals surface area contributed by atoms with Gasteiger partial charge in [0.05, 0.1) is 38.7 Å². The fourth-order valence-electron chi connectivity index (χ4n) is 3.95. The molecule has 1 spiro atoms. The predicted molar refractivity (Wildman–Crippen MR) is 93.9 cm³/mol. The van der Waals surface area contributed by atoms with Crippen molar-refractivity contribution in [2.24, 2.45) is 5.41 Å². The molecule has 0 aliphatic carbocycles. The van der Waals surface area contributed by atoms with Gasteiger partial charge in [-0.05, 0) is 67.6 Å². The van der Waals surface area contributed by atoms with Crippen LogP contribution >= 0.6 is 0 Å². The first-order valence-electron chi connectivity index (χ1n) is 9.14. The van der Waals surface area contributed by atoms with Crippen LogP contribution in [0.15, 0.2) is 47.3 Å². The SMILES string of the molecule is c1coc(CN2CCC3(CC2)CO[C@@H](COCc2ccncc2)C3)c1. The molecule has 2 aliphatic rings. The van der Waals surface area contributed by atoms with Crippen molar-refractivity contribution in [1.82, 2.24) is 9.88 Å². The number of furan rings is 1. The summed E-state index contributed by atoms with van der Waals surface area (Å²) in [7, 11) is 0. The van der Waals surface area contributed by atoms with Crippen molar-refractivity contribution in [1.29, 1.82) is 0 Å². The second-order valence-corrected chi connectivity index (χ2v) is 7.36. The molecule has 4 rings (SSSR count). The Labute approximate surface area is 148 Å². The van der Waals surface area contributed by atoms with Crippen LogP contribution in [0.1, 0.15) is 30.6 Å². The number of hydrogen-bond donors (Lipinski definition) is 0. The van der Waals surface area contributed by atoms with Crippen LogP contribution < -0.4 is 0 Å². The zero-order chi connectivity index (χ0) is 17.0.